The zero-order valence-corrected chi connectivity index (χ0v) is 8.95. The second kappa shape index (κ2) is 7.59. The lowest BCUT2D eigenvalue weighted by atomic mass is 10.4. The quantitative estimate of drug-likeness (QED) is 0.574. The third-order valence-electron chi connectivity index (χ3n) is 1.77. The Balaban J connectivity index is 4.34. The van der Waals surface area contributed by atoms with Crippen LogP contribution >= 0.6 is 0 Å². The fourth-order valence-electron chi connectivity index (χ4n) is 1.17. The van der Waals surface area contributed by atoms with Crippen molar-refractivity contribution in [1.29, 1.82) is 0 Å². The van der Waals surface area contributed by atoms with Crippen LogP contribution in [0.15, 0.2) is 29.5 Å². The maximum atomic E-state index is 4.29. The maximum Gasteiger partial charge on any atom is 0.124 e. The minimum absolute atomic E-state index is 1.00. The first-order chi connectivity index (χ1) is 6.29. The zero-order chi connectivity index (χ0) is 10.1. The second-order valence-corrected chi connectivity index (χ2v) is 2.74. The topological polar surface area (TPSA) is 15.6 Å². The molecule has 0 N–H and O–H groups in total. The molecule has 2 nitrogen and oxygen atoms in total. The standard InChI is InChI=1S/C11H20N2/c1-5-9-12-11(7-3)13(8-4)10-6-2/h5,7,9H,1,6,8,10H2,2-4H3/b11-7+,12-9?. The highest BCUT2D eigenvalue weighted by molar-refractivity contribution is 5.71. The van der Waals surface area contributed by atoms with E-state index < -0.39 is 0 Å². The molecule has 0 fully saturated rings. The molecule has 0 aromatic rings. The van der Waals surface area contributed by atoms with Gasteiger partial charge >= 0.3 is 0 Å². The molecule has 0 amide bonds. The fraction of sp³-hybridized carbons (Fsp3) is 0.545. The van der Waals surface area contributed by atoms with Crippen molar-refractivity contribution in [2.45, 2.75) is 27.2 Å². The molecule has 0 aromatic carbocycles. The Labute approximate surface area is 81.7 Å². The second-order valence-electron chi connectivity index (χ2n) is 2.74. The van der Waals surface area contributed by atoms with Gasteiger partial charge in [-0.1, -0.05) is 19.6 Å². The van der Waals surface area contributed by atoms with Gasteiger partial charge in [-0.25, -0.2) is 4.99 Å². The monoisotopic (exact) mass is 180 g/mol. The Hall–Kier alpha value is -1.05. The van der Waals surface area contributed by atoms with Gasteiger partial charge in [0, 0.05) is 19.3 Å². The number of hydrogen-bond donors (Lipinski definition) is 0. The average molecular weight is 180 g/mol. The molecule has 74 valence electrons. The third-order valence-corrected chi connectivity index (χ3v) is 1.77. The van der Waals surface area contributed by atoms with E-state index in [2.05, 4.69) is 30.3 Å². The van der Waals surface area contributed by atoms with Gasteiger partial charge in [0.05, 0.1) is 0 Å². The van der Waals surface area contributed by atoms with Crippen molar-refractivity contribution >= 4 is 6.21 Å². The highest BCUT2D eigenvalue weighted by atomic mass is 15.2. The van der Waals surface area contributed by atoms with Gasteiger partial charge < -0.3 is 4.90 Å². The van der Waals surface area contributed by atoms with Gasteiger partial charge in [-0.3, -0.25) is 0 Å². The molecule has 0 spiro atoms. The van der Waals surface area contributed by atoms with Crippen molar-refractivity contribution in [3.8, 4) is 0 Å². The van der Waals surface area contributed by atoms with E-state index in [-0.39, 0.29) is 0 Å². The molecule has 0 aromatic heterocycles. The largest absolute Gasteiger partial charge is 0.357 e. The summed E-state index contributed by atoms with van der Waals surface area (Å²) in [7, 11) is 0. The van der Waals surface area contributed by atoms with E-state index in [1.54, 1.807) is 12.3 Å². The summed E-state index contributed by atoms with van der Waals surface area (Å²) in [5.41, 5.74) is 0. The van der Waals surface area contributed by atoms with Crippen LogP contribution in [0.3, 0.4) is 0 Å². The van der Waals surface area contributed by atoms with Crippen molar-refractivity contribution in [2.75, 3.05) is 13.1 Å². The van der Waals surface area contributed by atoms with Gasteiger partial charge in [0.25, 0.3) is 0 Å². The molecule has 0 unspecified atom stereocenters. The van der Waals surface area contributed by atoms with Gasteiger partial charge in [0.15, 0.2) is 0 Å². The van der Waals surface area contributed by atoms with E-state index in [9.17, 15) is 0 Å². The molecule has 0 aliphatic carbocycles. The van der Waals surface area contributed by atoms with E-state index in [1.807, 2.05) is 13.0 Å². The zero-order valence-electron chi connectivity index (χ0n) is 8.95. The Morgan fingerprint density at radius 1 is 1.46 bits per heavy atom. The predicted molar refractivity (Wildman–Crippen MR) is 60.0 cm³/mol. The smallest absolute Gasteiger partial charge is 0.124 e. The molecule has 0 bridgehead atoms. The lowest BCUT2D eigenvalue weighted by Crippen LogP contribution is -2.22. The van der Waals surface area contributed by atoms with Gasteiger partial charge in [0.1, 0.15) is 5.82 Å². The molecular weight excluding hydrogens is 160 g/mol. The van der Waals surface area contributed by atoms with Crippen LogP contribution in [0.25, 0.3) is 0 Å². The van der Waals surface area contributed by atoms with Gasteiger partial charge in [-0.15, -0.1) is 0 Å². The highest BCUT2D eigenvalue weighted by Crippen LogP contribution is 2.05. The first-order valence-corrected chi connectivity index (χ1v) is 4.86. The van der Waals surface area contributed by atoms with Crippen LogP contribution in [0.2, 0.25) is 0 Å². The number of allylic oxidation sites excluding steroid dienone is 2. The summed E-state index contributed by atoms with van der Waals surface area (Å²) in [6.07, 6.45) is 6.60. The highest BCUT2D eigenvalue weighted by Gasteiger charge is 2.01. The number of rotatable bonds is 6. The van der Waals surface area contributed by atoms with E-state index in [1.165, 1.54) is 0 Å². The van der Waals surface area contributed by atoms with Crippen LogP contribution in [0.4, 0.5) is 0 Å². The van der Waals surface area contributed by atoms with Gasteiger partial charge in [0.2, 0.25) is 0 Å². The fourth-order valence-corrected chi connectivity index (χ4v) is 1.17. The van der Waals surface area contributed by atoms with Gasteiger partial charge in [-0.2, -0.15) is 0 Å². The summed E-state index contributed by atoms with van der Waals surface area (Å²) in [4.78, 5) is 6.54. The number of aliphatic imine (C=N–C) groups is 1. The summed E-state index contributed by atoms with van der Waals surface area (Å²) in [6, 6.07) is 0. The predicted octanol–water partition coefficient (Wildman–Crippen LogP) is 2.84. The lowest BCUT2D eigenvalue weighted by molar-refractivity contribution is 0.359. The van der Waals surface area contributed by atoms with Crippen molar-refractivity contribution in [1.82, 2.24) is 4.90 Å². The van der Waals surface area contributed by atoms with E-state index in [0.717, 1.165) is 25.3 Å². The number of hydrogen-bond acceptors (Lipinski definition) is 2. The van der Waals surface area contributed by atoms with E-state index >= 15 is 0 Å². The normalized spacial score (nSPS) is 12.1. The molecule has 0 heterocycles. The Morgan fingerprint density at radius 3 is 2.54 bits per heavy atom. The molecule has 0 atom stereocenters. The van der Waals surface area contributed by atoms with Crippen molar-refractivity contribution < 1.29 is 0 Å². The lowest BCUT2D eigenvalue weighted by Gasteiger charge is -2.21. The molecule has 0 rings (SSSR count). The van der Waals surface area contributed by atoms with Crippen LogP contribution in [0.1, 0.15) is 27.2 Å². The molecule has 0 saturated heterocycles. The Kier molecular flexibility index (Phi) is 6.98. The third kappa shape index (κ3) is 4.51. The summed E-state index contributed by atoms with van der Waals surface area (Å²) in [6.45, 7) is 12.0. The Morgan fingerprint density at radius 2 is 2.15 bits per heavy atom. The van der Waals surface area contributed by atoms with Crippen molar-refractivity contribution in [3.63, 3.8) is 0 Å². The van der Waals surface area contributed by atoms with E-state index in [4.69, 9.17) is 0 Å². The molecular formula is C11H20N2. The van der Waals surface area contributed by atoms with Gasteiger partial charge in [-0.05, 0) is 26.3 Å². The molecule has 2 heteroatoms. The molecule has 0 aliphatic rings. The first-order valence-electron chi connectivity index (χ1n) is 4.86. The van der Waals surface area contributed by atoms with Crippen LogP contribution < -0.4 is 0 Å². The minimum Gasteiger partial charge on any atom is -0.357 e. The number of nitrogens with zero attached hydrogens (tertiary/aromatic N) is 2. The Bertz CT molecular complexity index is 192. The van der Waals surface area contributed by atoms with Crippen molar-refractivity contribution in [2.24, 2.45) is 4.99 Å². The summed E-state index contributed by atoms with van der Waals surface area (Å²) < 4.78 is 0. The molecule has 0 radical (unpaired) electrons. The van der Waals surface area contributed by atoms with Crippen LogP contribution in [0, 0.1) is 0 Å². The summed E-state index contributed by atoms with van der Waals surface area (Å²) in [5, 5.41) is 0. The molecule has 0 aliphatic heterocycles. The minimum atomic E-state index is 1.00. The molecule has 13 heavy (non-hydrogen) atoms. The first kappa shape index (κ1) is 11.9. The van der Waals surface area contributed by atoms with Crippen LogP contribution in [-0.2, 0) is 0 Å². The average Bonchev–Trinajstić information content (AvgIpc) is 2.17. The summed E-state index contributed by atoms with van der Waals surface area (Å²) >= 11 is 0. The molecule has 0 saturated carbocycles. The van der Waals surface area contributed by atoms with Crippen LogP contribution in [0.5, 0.6) is 0 Å². The van der Waals surface area contributed by atoms with Crippen LogP contribution in [-0.4, -0.2) is 24.2 Å². The maximum absolute atomic E-state index is 4.29. The SMILES string of the molecule is C=CC=N/C(=C\C)N(CC)CCC. The van der Waals surface area contributed by atoms with Crippen molar-refractivity contribution in [3.05, 3.63) is 24.6 Å². The summed E-state index contributed by atoms with van der Waals surface area (Å²) in [5.74, 6) is 1.03. The van der Waals surface area contributed by atoms with E-state index in [0.29, 0.717) is 0 Å².